The van der Waals surface area contributed by atoms with E-state index in [2.05, 4.69) is 19.1 Å². The number of allylic oxidation sites excluding steroid dienone is 2. The zero-order valence-corrected chi connectivity index (χ0v) is 23.9. The average molecular weight is 630 g/mol. The zero-order chi connectivity index (χ0) is 25.1. The van der Waals surface area contributed by atoms with Crippen LogP contribution in [-0.2, 0) is 16.1 Å². The summed E-state index contributed by atoms with van der Waals surface area (Å²) in [6.07, 6.45) is 4.88. The normalized spacial score (nSPS) is 14.2. The Morgan fingerprint density at radius 2 is 1.75 bits per heavy atom. The number of aryl methyl sites for hydroxylation is 1. The van der Waals surface area contributed by atoms with Crippen LogP contribution in [0.1, 0.15) is 31.2 Å². The van der Waals surface area contributed by atoms with Crippen molar-refractivity contribution in [2.45, 2.75) is 37.6 Å². The summed E-state index contributed by atoms with van der Waals surface area (Å²) in [5.41, 5.74) is 2.84. The van der Waals surface area contributed by atoms with Crippen molar-refractivity contribution in [2.24, 2.45) is 0 Å². The number of carbonyl (C=O) groups is 2. The quantitative estimate of drug-likeness (QED) is 0.352. The van der Waals surface area contributed by atoms with Crippen LogP contribution in [-0.4, -0.2) is 28.7 Å². The van der Waals surface area contributed by atoms with Gasteiger partial charge in [0.1, 0.15) is 11.1 Å². The lowest BCUT2D eigenvalue weighted by Crippen LogP contribution is -3.00. The van der Waals surface area contributed by atoms with E-state index in [0.717, 1.165) is 42.8 Å². The zero-order valence-electron chi connectivity index (χ0n) is 19.2. The number of aliphatic carboxylic acids is 2. The molecule has 36 heavy (non-hydrogen) atoms. The van der Waals surface area contributed by atoms with Crippen LogP contribution in [0.15, 0.2) is 58.0 Å². The van der Waals surface area contributed by atoms with Gasteiger partial charge in [0.2, 0.25) is 5.52 Å². The number of anilines is 1. The predicted molar refractivity (Wildman–Crippen MR) is 143 cm³/mol. The smallest absolute Gasteiger partial charge is 0.309 e. The van der Waals surface area contributed by atoms with Crippen LogP contribution in [0.5, 0.6) is 0 Å². The fourth-order valence-corrected chi connectivity index (χ4v) is 6.43. The van der Waals surface area contributed by atoms with Crippen molar-refractivity contribution < 1.29 is 41.4 Å². The average Bonchev–Trinajstić information content (AvgIpc) is 3.31. The molecule has 0 amide bonds. The van der Waals surface area contributed by atoms with E-state index >= 15 is 0 Å². The Morgan fingerprint density at radius 3 is 2.44 bits per heavy atom. The Labute approximate surface area is 237 Å². The van der Waals surface area contributed by atoms with E-state index in [-0.39, 0.29) is 29.8 Å². The van der Waals surface area contributed by atoms with E-state index < -0.39 is 11.9 Å². The van der Waals surface area contributed by atoms with Crippen LogP contribution in [0, 0.1) is 0 Å². The van der Waals surface area contributed by atoms with Gasteiger partial charge >= 0.3 is 11.9 Å². The van der Waals surface area contributed by atoms with Gasteiger partial charge in [0, 0.05) is 33.6 Å². The molecule has 0 atom stereocenters. The highest BCUT2D eigenvalue weighted by atomic mass is 79.9. The molecule has 0 saturated carbocycles. The number of fused-ring (bicyclic) bond motifs is 2. The van der Waals surface area contributed by atoms with Crippen LogP contribution in [0.2, 0.25) is 10.0 Å². The molecule has 0 unspecified atom stereocenters. The third-order valence-corrected chi connectivity index (χ3v) is 8.20. The summed E-state index contributed by atoms with van der Waals surface area (Å²) in [4.78, 5) is 25.6. The summed E-state index contributed by atoms with van der Waals surface area (Å²) in [5.74, 6) is -1.72. The molecule has 6 nitrogen and oxygen atoms in total. The van der Waals surface area contributed by atoms with Gasteiger partial charge in [-0.1, -0.05) is 53.2 Å². The van der Waals surface area contributed by atoms with Crippen LogP contribution in [0.3, 0.4) is 0 Å². The Balaban J connectivity index is 0.00000361. The second kappa shape index (κ2) is 12.5. The number of benzene rings is 2. The minimum atomic E-state index is -0.862. The van der Waals surface area contributed by atoms with Gasteiger partial charge in [-0.25, -0.2) is 0 Å². The number of halogens is 3. The maximum atomic E-state index is 11.3. The summed E-state index contributed by atoms with van der Waals surface area (Å²) >= 11 is 15.6. The Kier molecular flexibility index (Phi) is 9.88. The first kappa shape index (κ1) is 28.5. The highest BCUT2D eigenvalue weighted by molar-refractivity contribution is 8.03. The fraction of sp³-hybridized carbons (Fsp3) is 0.240. The van der Waals surface area contributed by atoms with Gasteiger partial charge in [0.15, 0.2) is 6.54 Å². The first-order chi connectivity index (χ1) is 16.7. The van der Waals surface area contributed by atoms with Gasteiger partial charge in [-0.3, -0.25) is 9.59 Å². The molecular formula is C25H23BrCl2N2O4S2. The molecule has 0 aliphatic carbocycles. The molecule has 0 radical (unpaired) electrons. The number of carboxylic acids is 2. The van der Waals surface area contributed by atoms with E-state index in [1.165, 1.54) is 0 Å². The van der Waals surface area contributed by atoms with Gasteiger partial charge in [-0.05, 0) is 48.4 Å². The highest BCUT2D eigenvalue weighted by Crippen LogP contribution is 2.47. The monoisotopic (exact) mass is 628 g/mol. The Hall–Kier alpha value is -2.04. The summed E-state index contributed by atoms with van der Waals surface area (Å²) in [6.45, 7) is 2.72. The van der Waals surface area contributed by atoms with E-state index in [4.69, 9.17) is 23.2 Å². The van der Waals surface area contributed by atoms with Crippen molar-refractivity contribution in [2.75, 3.05) is 11.4 Å². The molecule has 11 heteroatoms. The number of hydrogen-bond acceptors (Lipinski definition) is 5. The minimum Gasteiger partial charge on any atom is -1.00 e. The van der Waals surface area contributed by atoms with Crippen LogP contribution in [0.4, 0.5) is 5.69 Å². The molecule has 0 bridgehead atoms. The number of rotatable bonds is 9. The van der Waals surface area contributed by atoms with E-state index in [9.17, 15) is 19.8 Å². The summed E-state index contributed by atoms with van der Waals surface area (Å²) in [7, 11) is 0. The van der Waals surface area contributed by atoms with E-state index in [0.29, 0.717) is 23.1 Å². The summed E-state index contributed by atoms with van der Waals surface area (Å²) in [5, 5.41) is 21.6. The number of aromatic nitrogens is 1. The molecule has 2 N–H and O–H groups in total. The maximum absolute atomic E-state index is 11.3. The number of carboxylic acid groups (broad SMARTS) is 2. The molecule has 0 saturated heterocycles. The van der Waals surface area contributed by atoms with Crippen molar-refractivity contribution in [3.63, 3.8) is 0 Å². The Morgan fingerprint density at radius 1 is 1.06 bits per heavy atom. The fourth-order valence-electron chi connectivity index (χ4n) is 3.80. The molecule has 2 heterocycles. The lowest BCUT2D eigenvalue weighted by atomic mass is 10.2. The van der Waals surface area contributed by atoms with Gasteiger partial charge in [-0.15, -0.1) is 0 Å². The Bertz CT molecular complexity index is 1370. The van der Waals surface area contributed by atoms with Gasteiger partial charge in [0.25, 0.3) is 5.01 Å². The first-order valence-corrected chi connectivity index (χ1v) is 13.4. The first-order valence-electron chi connectivity index (χ1n) is 11.0. The topological polar surface area (TPSA) is 81.7 Å². The summed E-state index contributed by atoms with van der Waals surface area (Å²) < 4.78 is 3.02. The summed E-state index contributed by atoms with van der Waals surface area (Å²) in [6, 6.07) is 11.3. The van der Waals surface area contributed by atoms with Crippen molar-refractivity contribution in [3.8, 4) is 0 Å². The van der Waals surface area contributed by atoms with Crippen LogP contribution in [0.25, 0.3) is 16.3 Å². The molecule has 0 spiro atoms. The molecule has 1 aromatic heterocycles. The van der Waals surface area contributed by atoms with Gasteiger partial charge in [0.05, 0.1) is 17.1 Å². The van der Waals surface area contributed by atoms with Crippen LogP contribution >= 0.6 is 46.3 Å². The highest BCUT2D eigenvalue weighted by Gasteiger charge is 2.26. The SMILES string of the molecule is CCC(=Cc1sc2ccc(Cl)cc2[n+]1CCC(=O)O)C=C1Sc2ccc(Cl)cc2N1CCC(=O)O.[Br-]. The second-order valence-corrected chi connectivity index (χ2v) is 10.9. The molecule has 2 aromatic carbocycles. The van der Waals surface area contributed by atoms with Crippen molar-refractivity contribution >= 4 is 80.2 Å². The second-order valence-electron chi connectivity index (χ2n) is 7.91. The standard InChI is InChI=1S/C25H22Cl2N2O4S2.BrH/c1-2-15(11-22-28(9-7-24(30)31)18-13-16(26)3-5-20(18)34-22)12-23-29(10-8-25(32)33)19-14-17(27)4-6-21(19)35-23;/h3-6,11-14H,2,7-10H2,1H3,(H-,30,31,32,33);1H. The van der Waals surface area contributed by atoms with Crippen LogP contribution < -0.4 is 26.4 Å². The number of thioether (sulfide) groups is 1. The minimum absolute atomic E-state index is 0. The lowest BCUT2D eigenvalue weighted by Gasteiger charge is -2.20. The predicted octanol–water partition coefficient (Wildman–Crippen LogP) is 3.70. The lowest BCUT2D eigenvalue weighted by molar-refractivity contribution is -0.667. The number of thiazole rings is 1. The van der Waals surface area contributed by atoms with E-state index in [1.54, 1.807) is 23.1 Å². The molecule has 4 rings (SSSR count). The van der Waals surface area contributed by atoms with Crippen molar-refractivity contribution in [1.29, 1.82) is 0 Å². The van der Waals surface area contributed by atoms with Crippen molar-refractivity contribution in [3.05, 3.63) is 68.1 Å². The number of hydrogen-bond donors (Lipinski definition) is 2. The molecule has 3 aromatic rings. The van der Waals surface area contributed by atoms with Gasteiger partial charge < -0.3 is 32.1 Å². The van der Waals surface area contributed by atoms with E-state index in [1.807, 2.05) is 45.9 Å². The maximum Gasteiger partial charge on any atom is 0.309 e. The molecule has 1 aliphatic rings. The van der Waals surface area contributed by atoms with Gasteiger partial charge in [-0.2, -0.15) is 4.57 Å². The molecule has 1 aliphatic heterocycles. The molecule has 190 valence electrons. The van der Waals surface area contributed by atoms with Crippen molar-refractivity contribution in [1.82, 2.24) is 0 Å². The molecule has 0 fully saturated rings. The largest absolute Gasteiger partial charge is 1.00 e. The number of nitrogens with zero attached hydrogens (tertiary/aromatic N) is 2. The third-order valence-electron chi connectivity index (χ3n) is 5.51. The molecular weight excluding hydrogens is 607 g/mol. The third kappa shape index (κ3) is 6.63.